The number of carbonyl (C=O) groups excluding carboxylic acids is 1. The third kappa shape index (κ3) is 2.59. The van der Waals surface area contributed by atoms with E-state index in [1.165, 1.54) is 6.92 Å². The van der Waals surface area contributed by atoms with Gasteiger partial charge in [0.25, 0.3) is 0 Å². The first kappa shape index (κ1) is 13.9. The lowest BCUT2D eigenvalue weighted by Crippen LogP contribution is -2.14. The number of nitrogens with zero attached hydrogens (tertiary/aromatic N) is 1. The summed E-state index contributed by atoms with van der Waals surface area (Å²) in [4.78, 5) is 14.9. The molecule has 1 saturated carbocycles. The summed E-state index contributed by atoms with van der Waals surface area (Å²) in [6.07, 6.45) is -4.05. The maximum Gasteiger partial charge on any atom is 0.437 e. The molecule has 0 aliphatic heterocycles. The highest BCUT2D eigenvalue weighted by Gasteiger charge is 2.52. The van der Waals surface area contributed by atoms with Crippen molar-refractivity contribution < 1.29 is 27.1 Å². The van der Waals surface area contributed by atoms with Gasteiger partial charge in [-0.1, -0.05) is 13.8 Å². The summed E-state index contributed by atoms with van der Waals surface area (Å²) in [7, 11) is 0. The number of esters is 1. The molecule has 106 valence electrons. The topological polar surface area (TPSA) is 52.3 Å². The Hall–Kier alpha value is -1.53. The third-order valence-corrected chi connectivity index (χ3v) is 3.18. The largest absolute Gasteiger partial charge is 0.460 e. The molecule has 1 heterocycles. The van der Waals surface area contributed by atoms with E-state index >= 15 is 0 Å². The fourth-order valence-electron chi connectivity index (χ4n) is 1.90. The van der Waals surface area contributed by atoms with Crippen LogP contribution in [0.25, 0.3) is 0 Å². The average Bonchev–Trinajstić information content (AvgIpc) is 2.75. The van der Waals surface area contributed by atoms with Crippen LogP contribution in [0.5, 0.6) is 0 Å². The van der Waals surface area contributed by atoms with E-state index in [0.29, 0.717) is 6.42 Å². The predicted octanol–water partition coefficient (Wildman–Crippen LogP) is 3.38. The summed E-state index contributed by atoms with van der Waals surface area (Å²) in [5.74, 6) is -2.21. The lowest BCUT2D eigenvalue weighted by atomic mass is 10.1. The van der Waals surface area contributed by atoms with E-state index in [0.717, 1.165) is 0 Å². The van der Waals surface area contributed by atoms with Gasteiger partial charge < -0.3 is 9.15 Å². The van der Waals surface area contributed by atoms with Crippen LogP contribution in [0.3, 0.4) is 0 Å². The number of rotatable bonds is 3. The van der Waals surface area contributed by atoms with Crippen molar-refractivity contribution in [3.63, 3.8) is 0 Å². The number of hydrogen-bond acceptors (Lipinski definition) is 4. The van der Waals surface area contributed by atoms with E-state index in [4.69, 9.17) is 4.42 Å². The van der Waals surface area contributed by atoms with Crippen LogP contribution in [-0.2, 0) is 10.9 Å². The van der Waals surface area contributed by atoms with Gasteiger partial charge in [-0.2, -0.15) is 13.2 Å². The molecule has 0 N–H and O–H groups in total. The maximum absolute atomic E-state index is 12.8. The van der Waals surface area contributed by atoms with E-state index < -0.39 is 23.6 Å². The van der Waals surface area contributed by atoms with Crippen LogP contribution in [-0.4, -0.2) is 17.6 Å². The van der Waals surface area contributed by atoms with Gasteiger partial charge in [0, 0.05) is 5.92 Å². The summed E-state index contributed by atoms with van der Waals surface area (Å²) in [5, 5.41) is 0. The van der Waals surface area contributed by atoms with Crippen LogP contribution in [0.1, 0.15) is 55.2 Å². The highest BCUT2D eigenvalue weighted by molar-refractivity contribution is 5.87. The van der Waals surface area contributed by atoms with E-state index in [-0.39, 0.29) is 23.8 Å². The van der Waals surface area contributed by atoms with Gasteiger partial charge in [0.05, 0.1) is 6.61 Å². The highest BCUT2D eigenvalue weighted by Crippen LogP contribution is 2.58. The Morgan fingerprint density at radius 1 is 1.53 bits per heavy atom. The molecule has 1 aliphatic rings. The first-order chi connectivity index (χ1) is 8.66. The van der Waals surface area contributed by atoms with Crippen molar-refractivity contribution in [2.75, 3.05) is 6.61 Å². The minimum atomic E-state index is -4.73. The molecular formula is C12H14F3NO3. The molecule has 19 heavy (non-hydrogen) atoms. The zero-order valence-corrected chi connectivity index (χ0v) is 10.8. The minimum absolute atomic E-state index is 0.0267. The standard InChI is InChI=1S/C12H14F3NO3/c1-4-18-10(17)7-8(12(13,14)15)16-9(19-7)6-5-11(6,2)3/h6H,4-5H2,1-3H3. The van der Waals surface area contributed by atoms with Crippen LogP contribution in [0.4, 0.5) is 13.2 Å². The van der Waals surface area contributed by atoms with Crippen LogP contribution >= 0.6 is 0 Å². The van der Waals surface area contributed by atoms with Crippen molar-refractivity contribution in [1.82, 2.24) is 4.98 Å². The Morgan fingerprint density at radius 3 is 2.53 bits per heavy atom. The van der Waals surface area contributed by atoms with Crippen LogP contribution in [0, 0.1) is 5.41 Å². The van der Waals surface area contributed by atoms with Crippen LogP contribution < -0.4 is 0 Å². The quantitative estimate of drug-likeness (QED) is 0.795. The molecule has 0 aromatic carbocycles. The Kier molecular flexibility index (Phi) is 3.10. The molecule has 1 fully saturated rings. The van der Waals surface area contributed by atoms with Gasteiger partial charge in [-0.3, -0.25) is 0 Å². The first-order valence-electron chi connectivity index (χ1n) is 5.92. The van der Waals surface area contributed by atoms with Crippen molar-refractivity contribution in [3.05, 3.63) is 17.3 Å². The molecule has 7 heteroatoms. The van der Waals surface area contributed by atoms with Gasteiger partial charge in [0.1, 0.15) is 0 Å². The molecule has 0 amide bonds. The van der Waals surface area contributed by atoms with Crippen LogP contribution in [0.15, 0.2) is 4.42 Å². The Morgan fingerprint density at radius 2 is 2.11 bits per heavy atom. The lowest BCUT2D eigenvalue weighted by molar-refractivity contribution is -0.141. The number of ether oxygens (including phenoxy) is 1. The fraction of sp³-hybridized carbons (Fsp3) is 0.667. The molecule has 1 aliphatic carbocycles. The van der Waals surface area contributed by atoms with Crippen molar-refractivity contribution in [2.45, 2.75) is 39.3 Å². The third-order valence-electron chi connectivity index (χ3n) is 3.18. The molecular weight excluding hydrogens is 263 g/mol. The zero-order valence-electron chi connectivity index (χ0n) is 10.8. The number of oxazole rings is 1. The van der Waals surface area contributed by atoms with Crippen molar-refractivity contribution in [3.8, 4) is 0 Å². The minimum Gasteiger partial charge on any atom is -0.460 e. The second-order valence-corrected chi connectivity index (χ2v) is 5.19. The van der Waals surface area contributed by atoms with Crippen LogP contribution in [0.2, 0.25) is 0 Å². The number of alkyl halides is 3. The van der Waals surface area contributed by atoms with Crippen molar-refractivity contribution in [1.29, 1.82) is 0 Å². The summed E-state index contributed by atoms with van der Waals surface area (Å²) < 4.78 is 48.0. The van der Waals surface area contributed by atoms with E-state index in [1.807, 2.05) is 13.8 Å². The Labute approximate surface area is 107 Å². The molecule has 2 rings (SSSR count). The number of carbonyl (C=O) groups is 1. The molecule has 1 aromatic heterocycles. The number of hydrogen-bond donors (Lipinski definition) is 0. The number of aromatic nitrogens is 1. The van der Waals surface area contributed by atoms with E-state index in [2.05, 4.69) is 9.72 Å². The Bertz CT molecular complexity index is 505. The first-order valence-corrected chi connectivity index (χ1v) is 5.92. The lowest BCUT2D eigenvalue weighted by Gasteiger charge is -2.03. The van der Waals surface area contributed by atoms with Crippen molar-refractivity contribution in [2.24, 2.45) is 5.41 Å². The van der Waals surface area contributed by atoms with Gasteiger partial charge in [-0.05, 0) is 18.8 Å². The summed E-state index contributed by atoms with van der Waals surface area (Å²) in [6.45, 7) is 5.28. The van der Waals surface area contributed by atoms with Gasteiger partial charge in [0.15, 0.2) is 11.6 Å². The predicted molar refractivity (Wildman–Crippen MR) is 58.6 cm³/mol. The smallest absolute Gasteiger partial charge is 0.437 e. The summed E-state index contributed by atoms with van der Waals surface area (Å²) >= 11 is 0. The molecule has 0 saturated heterocycles. The summed E-state index contributed by atoms with van der Waals surface area (Å²) in [6, 6.07) is 0. The molecule has 0 radical (unpaired) electrons. The molecule has 1 unspecified atom stereocenters. The summed E-state index contributed by atoms with van der Waals surface area (Å²) in [5.41, 5.74) is -1.44. The molecule has 0 bridgehead atoms. The second-order valence-electron chi connectivity index (χ2n) is 5.19. The zero-order chi connectivity index (χ0) is 14.4. The normalized spacial score (nSPS) is 21.3. The van der Waals surface area contributed by atoms with Crippen molar-refractivity contribution >= 4 is 5.97 Å². The molecule has 0 spiro atoms. The Balaban J connectivity index is 2.38. The van der Waals surface area contributed by atoms with Gasteiger partial charge in [0.2, 0.25) is 5.76 Å². The molecule has 1 atom stereocenters. The monoisotopic (exact) mass is 277 g/mol. The maximum atomic E-state index is 12.8. The average molecular weight is 277 g/mol. The van der Waals surface area contributed by atoms with E-state index in [9.17, 15) is 18.0 Å². The fourth-order valence-corrected chi connectivity index (χ4v) is 1.90. The SMILES string of the molecule is CCOC(=O)c1oc(C2CC2(C)C)nc1C(F)(F)F. The van der Waals surface area contributed by atoms with Gasteiger partial charge in [-0.25, -0.2) is 9.78 Å². The van der Waals surface area contributed by atoms with Gasteiger partial charge in [-0.15, -0.1) is 0 Å². The van der Waals surface area contributed by atoms with Gasteiger partial charge >= 0.3 is 12.1 Å². The molecule has 1 aromatic rings. The molecule has 4 nitrogen and oxygen atoms in total. The van der Waals surface area contributed by atoms with E-state index in [1.54, 1.807) is 0 Å². The second kappa shape index (κ2) is 4.25. The highest BCUT2D eigenvalue weighted by atomic mass is 19.4. The number of halogens is 3.